The summed E-state index contributed by atoms with van der Waals surface area (Å²) in [5.41, 5.74) is 5.56. The number of carbonyl (C=O) groups excluding carboxylic acids is 3. The molecular formula is C34H32N4O4. The summed E-state index contributed by atoms with van der Waals surface area (Å²) in [5.74, 6) is -0.873. The maximum Gasteiger partial charge on any atom is 0.337 e. The van der Waals surface area contributed by atoms with Crippen LogP contribution in [0.5, 0.6) is 0 Å². The van der Waals surface area contributed by atoms with Crippen LogP contribution >= 0.6 is 0 Å². The molecule has 0 saturated carbocycles. The normalized spacial score (nSPS) is 18.6. The van der Waals surface area contributed by atoms with Crippen molar-refractivity contribution in [3.05, 3.63) is 102 Å². The first-order valence-electron chi connectivity index (χ1n) is 14.4. The minimum atomic E-state index is -0.427. The van der Waals surface area contributed by atoms with Gasteiger partial charge in [0.15, 0.2) is 0 Å². The molecule has 4 heterocycles. The Morgan fingerprint density at radius 3 is 1.98 bits per heavy atom. The number of rotatable bonds is 5. The maximum absolute atomic E-state index is 13.8. The van der Waals surface area contributed by atoms with Gasteiger partial charge in [0.1, 0.15) is 0 Å². The Bertz CT molecular complexity index is 1730. The highest BCUT2D eigenvalue weighted by atomic mass is 16.5. The van der Waals surface area contributed by atoms with E-state index in [-0.39, 0.29) is 23.7 Å². The van der Waals surface area contributed by atoms with Gasteiger partial charge in [0.05, 0.1) is 18.6 Å². The van der Waals surface area contributed by atoms with Crippen LogP contribution in [0.15, 0.2) is 85.2 Å². The third-order valence-corrected chi connectivity index (χ3v) is 9.21. The molecule has 2 N–H and O–H groups in total. The van der Waals surface area contributed by atoms with Crippen LogP contribution in [0, 0.1) is 5.92 Å². The number of hydrogen-bond acceptors (Lipinski definition) is 4. The molecule has 2 aliphatic heterocycles. The van der Waals surface area contributed by atoms with Gasteiger partial charge < -0.3 is 24.5 Å². The number of hydrogen-bond donors (Lipinski definition) is 2. The average molecular weight is 561 g/mol. The third kappa shape index (κ3) is 4.17. The highest BCUT2D eigenvalue weighted by Gasteiger charge is 2.44. The molecule has 0 bridgehead atoms. The maximum atomic E-state index is 13.8. The van der Waals surface area contributed by atoms with E-state index in [1.807, 2.05) is 17.0 Å². The fourth-order valence-electron chi connectivity index (χ4n) is 7.00. The molecule has 2 amide bonds. The molecule has 212 valence electrons. The van der Waals surface area contributed by atoms with Gasteiger partial charge in [-0.2, -0.15) is 0 Å². The monoisotopic (exact) mass is 560 g/mol. The van der Waals surface area contributed by atoms with E-state index in [0.717, 1.165) is 23.9 Å². The Balaban J connectivity index is 1.14. The van der Waals surface area contributed by atoms with Gasteiger partial charge in [0.25, 0.3) is 0 Å². The van der Waals surface area contributed by atoms with Crippen molar-refractivity contribution in [2.45, 2.75) is 24.7 Å². The minimum absolute atomic E-state index is 0.0310. The van der Waals surface area contributed by atoms with Crippen LogP contribution in [0.25, 0.3) is 21.8 Å². The van der Waals surface area contributed by atoms with Crippen LogP contribution in [0.2, 0.25) is 0 Å². The van der Waals surface area contributed by atoms with Gasteiger partial charge in [-0.05, 0) is 60.4 Å². The number of benzene rings is 3. The van der Waals surface area contributed by atoms with Crippen LogP contribution in [-0.4, -0.2) is 59.4 Å². The smallest absolute Gasteiger partial charge is 0.337 e. The van der Waals surface area contributed by atoms with E-state index in [0.29, 0.717) is 30.9 Å². The molecule has 2 fully saturated rings. The lowest BCUT2D eigenvalue weighted by Gasteiger charge is -2.43. The van der Waals surface area contributed by atoms with E-state index in [1.165, 1.54) is 29.0 Å². The van der Waals surface area contributed by atoms with Crippen LogP contribution < -0.4 is 4.90 Å². The first kappa shape index (κ1) is 26.1. The second-order valence-electron chi connectivity index (χ2n) is 11.3. The zero-order valence-corrected chi connectivity index (χ0v) is 23.4. The molecule has 42 heavy (non-hydrogen) atoms. The van der Waals surface area contributed by atoms with Crippen molar-refractivity contribution in [2.75, 3.05) is 31.6 Å². The third-order valence-electron chi connectivity index (χ3n) is 9.21. The summed E-state index contributed by atoms with van der Waals surface area (Å²) in [6.07, 6.45) is 6.03. The standard InChI is InChI=1S/C34H32N4O4/c1-42-33(41)22-10-12-24(13-11-22)38-21-23(18-31(38)39)32(40)37-16-14-34(15-17-37,27-19-35-29-8-4-2-6-25(27)29)28-20-36-30-9-5-3-7-26(28)30/h2-13,19-20,23,35-36H,14-18,21H2,1H3/t23-/m1/s1. The van der Waals surface area contributed by atoms with Gasteiger partial charge in [-0.15, -0.1) is 0 Å². The summed E-state index contributed by atoms with van der Waals surface area (Å²) in [6, 6.07) is 23.5. The van der Waals surface area contributed by atoms with Crippen molar-refractivity contribution in [1.29, 1.82) is 0 Å². The van der Waals surface area contributed by atoms with Crippen molar-refractivity contribution in [3.63, 3.8) is 0 Å². The van der Waals surface area contributed by atoms with Gasteiger partial charge in [-0.25, -0.2) is 4.79 Å². The topological polar surface area (TPSA) is 98.5 Å². The Labute approximate surface area is 243 Å². The molecule has 8 nitrogen and oxygen atoms in total. The van der Waals surface area contributed by atoms with Gasteiger partial charge in [-0.3, -0.25) is 9.59 Å². The van der Waals surface area contributed by atoms with Crippen molar-refractivity contribution in [1.82, 2.24) is 14.9 Å². The van der Waals surface area contributed by atoms with Crippen molar-refractivity contribution < 1.29 is 19.1 Å². The highest BCUT2D eigenvalue weighted by Crippen LogP contribution is 2.47. The van der Waals surface area contributed by atoms with Crippen LogP contribution in [-0.2, 0) is 19.7 Å². The van der Waals surface area contributed by atoms with E-state index in [4.69, 9.17) is 4.74 Å². The number of ether oxygens (including phenoxy) is 1. The Kier molecular flexibility index (Phi) is 6.34. The second-order valence-corrected chi connectivity index (χ2v) is 11.3. The zero-order valence-electron chi connectivity index (χ0n) is 23.4. The molecule has 0 spiro atoms. The summed E-state index contributed by atoms with van der Waals surface area (Å²) < 4.78 is 4.77. The lowest BCUT2D eigenvalue weighted by atomic mass is 9.67. The molecule has 3 aromatic carbocycles. The number of aromatic nitrogens is 2. The number of nitrogens with zero attached hydrogens (tertiary/aromatic N) is 2. The molecule has 5 aromatic rings. The number of aromatic amines is 2. The fraction of sp³-hybridized carbons (Fsp3) is 0.265. The van der Waals surface area contributed by atoms with Crippen LogP contribution in [0.3, 0.4) is 0 Å². The number of esters is 1. The minimum Gasteiger partial charge on any atom is -0.465 e. The van der Waals surface area contributed by atoms with Crippen LogP contribution in [0.4, 0.5) is 5.69 Å². The molecule has 8 heteroatoms. The summed E-state index contributed by atoms with van der Waals surface area (Å²) in [6.45, 7) is 1.55. The van der Waals surface area contributed by atoms with E-state index in [1.54, 1.807) is 29.2 Å². The largest absolute Gasteiger partial charge is 0.465 e. The van der Waals surface area contributed by atoms with Gasteiger partial charge in [-0.1, -0.05) is 36.4 Å². The lowest BCUT2D eigenvalue weighted by molar-refractivity contribution is -0.137. The predicted octanol–water partition coefficient (Wildman–Crippen LogP) is 5.40. The number of likely N-dealkylation sites (tertiary alicyclic amines) is 1. The Morgan fingerprint density at radius 1 is 0.833 bits per heavy atom. The van der Waals surface area contributed by atoms with E-state index >= 15 is 0 Å². The summed E-state index contributed by atoms with van der Waals surface area (Å²) in [5, 5.41) is 2.41. The summed E-state index contributed by atoms with van der Waals surface area (Å²) in [7, 11) is 1.34. The van der Waals surface area contributed by atoms with E-state index < -0.39 is 11.9 Å². The van der Waals surface area contributed by atoms with Crippen LogP contribution in [0.1, 0.15) is 40.7 Å². The number of nitrogens with one attached hydrogen (secondary N) is 2. The van der Waals surface area contributed by atoms with E-state index in [9.17, 15) is 14.4 Å². The zero-order chi connectivity index (χ0) is 28.8. The highest BCUT2D eigenvalue weighted by molar-refractivity contribution is 6.01. The van der Waals surface area contributed by atoms with Crippen molar-refractivity contribution in [3.8, 4) is 0 Å². The molecule has 1 atom stereocenters. The Morgan fingerprint density at radius 2 is 1.40 bits per heavy atom. The first-order valence-corrected chi connectivity index (χ1v) is 14.4. The molecule has 0 unspecified atom stereocenters. The fourth-order valence-corrected chi connectivity index (χ4v) is 7.00. The number of H-pyrrole nitrogens is 2. The van der Waals surface area contributed by atoms with Gasteiger partial charge >= 0.3 is 5.97 Å². The number of piperidine rings is 1. The average Bonchev–Trinajstić information content (AvgIpc) is 3.77. The van der Waals surface area contributed by atoms with Crippen molar-refractivity contribution in [2.24, 2.45) is 5.92 Å². The molecule has 0 aliphatic carbocycles. The number of anilines is 1. The number of methoxy groups -OCH3 is 1. The predicted molar refractivity (Wildman–Crippen MR) is 161 cm³/mol. The Hall–Kier alpha value is -4.85. The lowest BCUT2D eigenvalue weighted by Crippen LogP contribution is -2.47. The van der Waals surface area contributed by atoms with E-state index in [2.05, 4.69) is 58.8 Å². The molecular weight excluding hydrogens is 528 g/mol. The number of amides is 2. The first-order chi connectivity index (χ1) is 20.5. The molecule has 7 rings (SSSR count). The summed E-state index contributed by atoms with van der Waals surface area (Å²) in [4.78, 5) is 49.1. The second kappa shape index (κ2) is 10.2. The van der Waals surface area contributed by atoms with Crippen molar-refractivity contribution >= 4 is 45.3 Å². The van der Waals surface area contributed by atoms with Gasteiger partial charge in [0.2, 0.25) is 11.8 Å². The number of para-hydroxylation sites is 2. The molecule has 2 saturated heterocycles. The quantitative estimate of drug-likeness (QED) is 0.281. The summed E-state index contributed by atoms with van der Waals surface area (Å²) >= 11 is 0. The van der Waals surface area contributed by atoms with Gasteiger partial charge in [0, 0.05) is 71.4 Å². The molecule has 0 radical (unpaired) electrons. The SMILES string of the molecule is COC(=O)c1ccc(N2C[C@H](C(=O)N3CCC(c4c[nH]c5ccccc45)(c4c[nH]c5ccccc45)CC3)CC2=O)cc1. The molecule has 2 aliphatic rings. The number of fused-ring (bicyclic) bond motifs is 2. The molecule has 2 aromatic heterocycles. The number of carbonyl (C=O) groups is 3.